The fourth-order valence-corrected chi connectivity index (χ4v) is 5.52. The first kappa shape index (κ1) is 18.6. The third kappa shape index (κ3) is 2.95. The van der Waals surface area contributed by atoms with E-state index in [4.69, 9.17) is 16.6 Å². The third-order valence-corrected chi connectivity index (χ3v) is 7.01. The molecule has 0 amide bonds. The van der Waals surface area contributed by atoms with Crippen LogP contribution in [0.1, 0.15) is 25.7 Å². The first-order chi connectivity index (χ1) is 15.1. The van der Waals surface area contributed by atoms with Crippen molar-refractivity contribution in [2.75, 3.05) is 5.32 Å². The van der Waals surface area contributed by atoms with Crippen molar-refractivity contribution < 1.29 is 9.90 Å². The number of hydrogen-bond donors (Lipinski definition) is 3. The number of aliphatic carboxylic acids is 1. The fourth-order valence-electron chi connectivity index (χ4n) is 5.36. The number of aromatic nitrogens is 6. The van der Waals surface area contributed by atoms with Crippen LogP contribution in [0.5, 0.6) is 0 Å². The molecule has 3 N–H and O–H groups in total. The number of fused-ring (bicyclic) bond motifs is 5. The summed E-state index contributed by atoms with van der Waals surface area (Å²) in [6, 6.07) is 5.44. The molecule has 3 aliphatic rings. The van der Waals surface area contributed by atoms with Crippen LogP contribution in [-0.2, 0) is 4.79 Å². The average molecular weight is 438 g/mol. The van der Waals surface area contributed by atoms with Crippen LogP contribution in [0, 0.1) is 17.8 Å². The number of rotatable bonds is 4. The maximum Gasteiger partial charge on any atom is 0.308 e. The van der Waals surface area contributed by atoms with Crippen LogP contribution in [0.2, 0.25) is 5.02 Å². The first-order valence-electron chi connectivity index (χ1n) is 10.4. The average Bonchev–Trinajstić information content (AvgIpc) is 3.41. The van der Waals surface area contributed by atoms with E-state index in [-0.39, 0.29) is 12.0 Å². The molecule has 4 heterocycles. The number of carbonyl (C=O) groups is 1. The van der Waals surface area contributed by atoms with E-state index in [2.05, 4.69) is 25.6 Å². The minimum absolute atomic E-state index is 0.152. The summed E-state index contributed by atoms with van der Waals surface area (Å²) in [5.74, 6) is 0.469. The number of halogens is 1. The lowest BCUT2D eigenvalue weighted by atomic mass is 9.61. The fraction of sp³-hybridized carbons (Fsp3) is 0.381. The third-order valence-electron chi connectivity index (χ3n) is 6.80. The van der Waals surface area contributed by atoms with Crippen LogP contribution >= 0.6 is 11.6 Å². The number of aromatic amines is 1. The summed E-state index contributed by atoms with van der Waals surface area (Å²) in [5, 5.41) is 26.5. The molecule has 0 saturated heterocycles. The second kappa shape index (κ2) is 6.91. The van der Waals surface area contributed by atoms with Gasteiger partial charge in [-0.05, 0) is 55.7 Å². The van der Waals surface area contributed by atoms with Crippen molar-refractivity contribution in [2.45, 2.75) is 31.7 Å². The van der Waals surface area contributed by atoms with Gasteiger partial charge in [-0.2, -0.15) is 5.10 Å². The molecule has 3 fully saturated rings. The topological polar surface area (TPSA) is 121 Å². The van der Waals surface area contributed by atoms with Gasteiger partial charge >= 0.3 is 5.97 Å². The Labute approximate surface area is 181 Å². The summed E-state index contributed by atoms with van der Waals surface area (Å²) in [6.45, 7) is 0. The molecule has 10 heteroatoms. The van der Waals surface area contributed by atoms with E-state index in [9.17, 15) is 9.90 Å². The molecule has 0 aromatic carbocycles. The Hall–Kier alpha value is -3.20. The Morgan fingerprint density at radius 2 is 2.06 bits per heavy atom. The zero-order chi connectivity index (χ0) is 21.1. The molecule has 0 radical (unpaired) electrons. The minimum atomic E-state index is -0.729. The number of nitrogens with zero attached hydrogens (tertiary/aromatic N) is 5. The van der Waals surface area contributed by atoms with Crippen LogP contribution in [0.4, 0.5) is 5.82 Å². The van der Waals surface area contributed by atoms with Crippen molar-refractivity contribution >= 4 is 39.9 Å². The van der Waals surface area contributed by atoms with Crippen LogP contribution in [-0.4, -0.2) is 46.9 Å². The number of nitrogens with one attached hydrogen (secondary N) is 2. The highest BCUT2D eigenvalue weighted by atomic mass is 35.5. The Morgan fingerprint density at radius 1 is 1.26 bits per heavy atom. The quantitative estimate of drug-likeness (QED) is 0.445. The van der Waals surface area contributed by atoms with Crippen molar-refractivity contribution in [1.29, 1.82) is 0 Å². The van der Waals surface area contributed by atoms with Gasteiger partial charge in [-0.3, -0.25) is 9.89 Å². The second-order valence-electron chi connectivity index (χ2n) is 8.45. The van der Waals surface area contributed by atoms with Crippen molar-refractivity contribution in [3.8, 4) is 11.5 Å². The van der Waals surface area contributed by atoms with Gasteiger partial charge in [-0.1, -0.05) is 11.6 Å². The molecule has 0 spiro atoms. The second-order valence-corrected chi connectivity index (χ2v) is 8.89. The van der Waals surface area contributed by atoms with Gasteiger partial charge in [-0.25, -0.2) is 14.5 Å². The molecule has 31 heavy (non-hydrogen) atoms. The van der Waals surface area contributed by atoms with Crippen molar-refractivity contribution in [1.82, 2.24) is 29.8 Å². The molecule has 0 aliphatic heterocycles. The lowest BCUT2D eigenvalue weighted by Crippen LogP contribution is -2.51. The zero-order valence-corrected chi connectivity index (χ0v) is 17.3. The molecule has 3 aliphatic carbocycles. The Kier molecular flexibility index (Phi) is 4.14. The van der Waals surface area contributed by atoms with Crippen molar-refractivity contribution in [2.24, 2.45) is 17.8 Å². The van der Waals surface area contributed by atoms with E-state index >= 15 is 0 Å². The summed E-state index contributed by atoms with van der Waals surface area (Å²) in [4.78, 5) is 21.1. The zero-order valence-electron chi connectivity index (χ0n) is 16.5. The Bertz CT molecular complexity index is 1310. The predicted molar refractivity (Wildman–Crippen MR) is 115 cm³/mol. The van der Waals surface area contributed by atoms with Gasteiger partial charge in [0.1, 0.15) is 11.2 Å². The van der Waals surface area contributed by atoms with Crippen LogP contribution in [0.3, 0.4) is 0 Å². The number of carboxylic acids is 1. The van der Waals surface area contributed by atoms with Gasteiger partial charge in [0.05, 0.1) is 16.3 Å². The molecule has 4 aromatic rings. The maximum atomic E-state index is 12.1. The Balaban J connectivity index is 1.46. The van der Waals surface area contributed by atoms with Gasteiger partial charge in [0.15, 0.2) is 11.5 Å². The number of H-pyrrole nitrogens is 1. The monoisotopic (exact) mass is 437 g/mol. The molecular formula is C21H20ClN7O2. The predicted octanol–water partition coefficient (Wildman–Crippen LogP) is 3.62. The molecule has 2 bridgehead atoms. The van der Waals surface area contributed by atoms with Crippen molar-refractivity contribution in [3.63, 3.8) is 0 Å². The van der Waals surface area contributed by atoms with E-state index in [1.807, 2.05) is 18.3 Å². The number of carboxylic acid groups (broad SMARTS) is 1. The SMILES string of the molecule is O=C(O)[C@H]1C2CCC(CC2)C1Nc1nc(-c2[nH]nc3ncc(Cl)cc23)nn2cccc12. The first-order valence-corrected chi connectivity index (χ1v) is 10.8. The molecule has 1 unspecified atom stereocenters. The van der Waals surface area contributed by atoms with Crippen LogP contribution in [0.15, 0.2) is 30.6 Å². The van der Waals surface area contributed by atoms with Gasteiger partial charge in [0, 0.05) is 18.4 Å². The molecule has 2 atom stereocenters. The highest BCUT2D eigenvalue weighted by Gasteiger charge is 2.47. The lowest BCUT2D eigenvalue weighted by molar-refractivity contribution is -0.148. The highest BCUT2D eigenvalue weighted by molar-refractivity contribution is 6.31. The summed E-state index contributed by atoms with van der Waals surface area (Å²) >= 11 is 6.14. The van der Waals surface area contributed by atoms with Gasteiger partial charge in [0.25, 0.3) is 0 Å². The number of anilines is 1. The Morgan fingerprint density at radius 3 is 2.87 bits per heavy atom. The largest absolute Gasteiger partial charge is 0.481 e. The van der Waals surface area contributed by atoms with Gasteiger partial charge in [-0.15, -0.1) is 5.10 Å². The summed E-state index contributed by atoms with van der Waals surface area (Å²) in [5.41, 5.74) is 1.94. The van der Waals surface area contributed by atoms with Crippen LogP contribution in [0.25, 0.3) is 28.1 Å². The van der Waals surface area contributed by atoms with E-state index in [0.29, 0.717) is 33.9 Å². The van der Waals surface area contributed by atoms with E-state index in [1.165, 1.54) is 0 Å². The summed E-state index contributed by atoms with van der Waals surface area (Å²) in [6.07, 6.45) is 7.47. The molecule has 9 nitrogen and oxygen atoms in total. The van der Waals surface area contributed by atoms with E-state index in [1.54, 1.807) is 16.8 Å². The lowest BCUT2D eigenvalue weighted by Gasteiger charge is -2.47. The molecule has 4 aromatic heterocycles. The molecular weight excluding hydrogens is 418 g/mol. The van der Waals surface area contributed by atoms with Crippen molar-refractivity contribution in [3.05, 3.63) is 35.6 Å². The highest BCUT2D eigenvalue weighted by Crippen LogP contribution is 2.46. The maximum absolute atomic E-state index is 12.1. The van der Waals surface area contributed by atoms with E-state index < -0.39 is 11.9 Å². The van der Waals surface area contributed by atoms with Crippen LogP contribution < -0.4 is 5.32 Å². The summed E-state index contributed by atoms with van der Waals surface area (Å²) < 4.78 is 1.74. The summed E-state index contributed by atoms with van der Waals surface area (Å²) in [7, 11) is 0. The minimum Gasteiger partial charge on any atom is -0.481 e. The van der Waals surface area contributed by atoms with E-state index in [0.717, 1.165) is 36.6 Å². The molecule has 3 saturated carbocycles. The number of hydrogen-bond acceptors (Lipinski definition) is 6. The molecule has 158 valence electrons. The molecule has 7 rings (SSSR count). The number of pyridine rings is 1. The van der Waals surface area contributed by atoms with Gasteiger partial charge < -0.3 is 10.4 Å². The standard InChI is InChI=1S/C21H20ClN7O2/c22-12-8-13-17(26-27-18(13)23-9-12)20-25-19(14-2-1-7-29(14)28-20)24-16-11-5-3-10(4-6-11)15(16)21(30)31/h1-2,7-11,15-16H,3-6H2,(H,30,31)(H,23,26,27)(H,24,25,28)/t10?,11?,15-,16?/m0/s1. The van der Waals surface area contributed by atoms with Gasteiger partial charge in [0.2, 0.25) is 5.82 Å². The normalized spacial score (nSPS) is 25.3. The smallest absolute Gasteiger partial charge is 0.308 e.